The monoisotopic (exact) mass is 948 g/mol. The van der Waals surface area contributed by atoms with Gasteiger partial charge in [0.1, 0.15) is 48.8 Å². The van der Waals surface area contributed by atoms with Gasteiger partial charge < -0.3 is 75.2 Å². The molecule has 2 saturated carbocycles. The van der Waals surface area contributed by atoms with Crippen LogP contribution in [-0.2, 0) is 60.7 Å². The lowest BCUT2D eigenvalue weighted by Crippen LogP contribution is -2.67. The smallest absolute Gasteiger partial charge is 0.303 e. The minimum Gasteiger partial charge on any atom is -0.481 e. The number of aliphatic hydroxyl groups excluding tert-OH is 5. The minimum absolute atomic E-state index is 0.0271. The summed E-state index contributed by atoms with van der Waals surface area (Å²) >= 11 is 0. The molecule has 0 radical (unpaired) electrons. The fourth-order valence-corrected chi connectivity index (χ4v) is 9.93. The van der Waals surface area contributed by atoms with Crippen LogP contribution in [0.15, 0.2) is 24.3 Å². The number of amides is 4. The van der Waals surface area contributed by atoms with Gasteiger partial charge in [0.25, 0.3) is 5.91 Å². The fourth-order valence-electron chi connectivity index (χ4n) is 9.93. The number of carbonyl (C=O) groups is 5. The second-order valence-corrected chi connectivity index (χ2v) is 18.9. The second kappa shape index (κ2) is 24.6. The van der Waals surface area contributed by atoms with Gasteiger partial charge in [-0.05, 0) is 55.6 Å². The highest BCUT2D eigenvalue weighted by Gasteiger charge is 2.53. The molecule has 1 aromatic rings. The maximum Gasteiger partial charge on any atom is 0.303 e. The standard InChI is InChI=1S/C47H72N4O16/c1-4-30-20-31(44(61)49-23-29-13-11-28(12-14-29)22-48-35(54)15-16-36(55)56)21-32(42(30)67-47-41(60)40(59)38(57)25(2)63-47)65-46-37(50-26(3)53)43(39(58)34(24-52)66-46)64-33(45(62)51-17-8-18-51)19-27-9-6-5-7-10-27/h11-14,25,27,30-34,37-43,46-47,52,57-60H,4-10,15-24H2,1-3H3,(H,48,54)(H,49,61)(H,50,53)(H,55,56)/t25?,30?,31?,32-,33+,34?,37?,38-,39+,40?,41?,42?,43?,46-,47+/m1/s1. The maximum atomic E-state index is 14.1. The number of carbonyl (C=O) groups excluding carboxylic acids is 4. The Bertz CT molecular complexity index is 1800. The molecule has 4 amide bonds. The van der Waals surface area contributed by atoms with Crippen LogP contribution in [0, 0.1) is 17.8 Å². The van der Waals surface area contributed by atoms with Gasteiger partial charge in [0.2, 0.25) is 17.7 Å². The molecule has 9 N–H and O–H groups in total. The van der Waals surface area contributed by atoms with E-state index in [1.807, 2.05) is 6.92 Å². The van der Waals surface area contributed by atoms with E-state index >= 15 is 0 Å². The first-order valence-electron chi connectivity index (χ1n) is 24.1. The van der Waals surface area contributed by atoms with Crippen LogP contribution in [0.25, 0.3) is 0 Å². The second-order valence-electron chi connectivity index (χ2n) is 18.9. The van der Waals surface area contributed by atoms with Crippen LogP contribution in [0.3, 0.4) is 0 Å². The molecule has 376 valence electrons. The van der Waals surface area contributed by atoms with Crippen LogP contribution in [-0.4, -0.2) is 164 Å². The Kier molecular flexibility index (Phi) is 19.3. The SMILES string of the molecule is CCC1CC(C(=O)NCc2ccc(CNC(=O)CCC(=O)O)cc2)C[C@@H](O[C@@H]2OC(CO)[C@H](O)C(O[C@@H](CC3CCCCC3)C(=O)N3CCC3)C2NC(C)=O)C1O[C@@H]1OC(C)[C@@H](O)C(O)C1O. The number of aliphatic carboxylic acids is 1. The zero-order valence-electron chi connectivity index (χ0n) is 38.8. The maximum absolute atomic E-state index is 14.1. The predicted octanol–water partition coefficient (Wildman–Crippen LogP) is 0.357. The molecule has 0 bridgehead atoms. The van der Waals surface area contributed by atoms with Crippen LogP contribution < -0.4 is 16.0 Å². The molecular formula is C47H72N4O16. The number of carboxylic acids is 1. The first kappa shape index (κ1) is 52.5. The van der Waals surface area contributed by atoms with Gasteiger partial charge in [-0.25, -0.2) is 0 Å². The number of rotatable bonds is 20. The molecule has 0 spiro atoms. The van der Waals surface area contributed by atoms with E-state index in [-0.39, 0.29) is 56.0 Å². The molecule has 67 heavy (non-hydrogen) atoms. The molecule has 20 heteroatoms. The summed E-state index contributed by atoms with van der Waals surface area (Å²) in [5.41, 5.74) is 1.55. The Morgan fingerprint density at radius 1 is 0.806 bits per heavy atom. The molecule has 5 fully saturated rings. The van der Waals surface area contributed by atoms with E-state index in [2.05, 4.69) is 16.0 Å². The van der Waals surface area contributed by atoms with Crippen molar-refractivity contribution in [2.75, 3.05) is 19.7 Å². The van der Waals surface area contributed by atoms with Gasteiger partial charge in [-0.15, -0.1) is 0 Å². The number of nitrogens with zero attached hydrogens (tertiary/aromatic N) is 1. The average Bonchev–Trinajstić information content (AvgIpc) is 3.29. The van der Waals surface area contributed by atoms with Crippen molar-refractivity contribution in [1.29, 1.82) is 0 Å². The van der Waals surface area contributed by atoms with E-state index in [9.17, 15) is 49.5 Å². The normalized spacial score (nSPS) is 34.1. The largest absolute Gasteiger partial charge is 0.481 e. The van der Waals surface area contributed by atoms with Crippen molar-refractivity contribution < 1.29 is 78.3 Å². The van der Waals surface area contributed by atoms with E-state index in [0.717, 1.165) is 49.7 Å². The molecule has 0 aromatic heterocycles. The summed E-state index contributed by atoms with van der Waals surface area (Å²) in [6.07, 6.45) is -8.68. The molecular weight excluding hydrogens is 877 g/mol. The zero-order valence-corrected chi connectivity index (χ0v) is 38.8. The van der Waals surface area contributed by atoms with Gasteiger partial charge >= 0.3 is 5.97 Å². The molecule has 3 aliphatic heterocycles. The summed E-state index contributed by atoms with van der Waals surface area (Å²) in [4.78, 5) is 65.5. The number of hydrogen-bond donors (Lipinski definition) is 9. The van der Waals surface area contributed by atoms with Crippen molar-refractivity contribution in [2.45, 2.75) is 191 Å². The third kappa shape index (κ3) is 13.9. The number of benzene rings is 1. The fraction of sp³-hybridized carbons (Fsp3) is 0.766. The molecule has 2 aliphatic carbocycles. The number of likely N-dealkylation sites (tertiary alicyclic amines) is 1. The Morgan fingerprint density at radius 3 is 2.07 bits per heavy atom. The lowest BCUT2D eigenvalue weighted by molar-refractivity contribution is -0.338. The number of aliphatic hydroxyl groups is 5. The molecule has 6 rings (SSSR count). The van der Waals surface area contributed by atoms with Gasteiger partial charge in [-0.3, -0.25) is 24.0 Å². The Balaban J connectivity index is 1.23. The number of carboxylic acid groups (broad SMARTS) is 1. The van der Waals surface area contributed by atoms with E-state index < -0.39 is 110 Å². The van der Waals surface area contributed by atoms with E-state index in [1.165, 1.54) is 13.8 Å². The first-order chi connectivity index (χ1) is 32.1. The molecule has 1 aromatic carbocycles. The molecule has 15 atom stereocenters. The lowest BCUT2D eigenvalue weighted by atomic mass is 9.75. The van der Waals surface area contributed by atoms with Gasteiger partial charge in [-0.1, -0.05) is 69.7 Å². The summed E-state index contributed by atoms with van der Waals surface area (Å²) in [5, 5.41) is 71.9. The molecule has 9 unspecified atom stereocenters. The molecule has 5 aliphatic rings. The van der Waals surface area contributed by atoms with Crippen LogP contribution >= 0.6 is 0 Å². The van der Waals surface area contributed by atoms with Crippen molar-refractivity contribution in [3.8, 4) is 0 Å². The predicted molar refractivity (Wildman–Crippen MR) is 236 cm³/mol. The highest BCUT2D eigenvalue weighted by atomic mass is 16.7. The highest BCUT2D eigenvalue weighted by molar-refractivity contribution is 5.82. The average molecular weight is 949 g/mol. The van der Waals surface area contributed by atoms with Gasteiger partial charge in [0.15, 0.2) is 12.6 Å². The lowest BCUT2D eigenvalue weighted by Gasteiger charge is -2.49. The van der Waals surface area contributed by atoms with Crippen molar-refractivity contribution in [2.24, 2.45) is 17.8 Å². The number of hydrogen-bond acceptors (Lipinski definition) is 15. The summed E-state index contributed by atoms with van der Waals surface area (Å²) in [6, 6.07) is 5.96. The van der Waals surface area contributed by atoms with Crippen molar-refractivity contribution >= 4 is 29.6 Å². The summed E-state index contributed by atoms with van der Waals surface area (Å²) in [6.45, 7) is 5.56. The summed E-state index contributed by atoms with van der Waals surface area (Å²) < 4.78 is 32.0. The van der Waals surface area contributed by atoms with Crippen molar-refractivity contribution in [3.05, 3.63) is 35.4 Å². The van der Waals surface area contributed by atoms with Gasteiger partial charge in [0, 0.05) is 45.4 Å². The highest BCUT2D eigenvalue weighted by Crippen LogP contribution is 2.40. The van der Waals surface area contributed by atoms with E-state index in [4.69, 9.17) is 28.8 Å². The molecule has 20 nitrogen and oxygen atoms in total. The quantitative estimate of drug-likeness (QED) is 0.0853. The topological polar surface area (TPSA) is 292 Å². The summed E-state index contributed by atoms with van der Waals surface area (Å²) in [7, 11) is 0. The third-order valence-electron chi connectivity index (χ3n) is 14.0. The Hall–Kier alpha value is -3.83. The van der Waals surface area contributed by atoms with Gasteiger partial charge in [-0.2, -0.15) is 0 Å². The Labute approximate surface area is 391 Å². The van der Waals surface area contributed by atoms with Crippen LogP contribution in [0.1, 0.15) is 109 Å². The van der Waals surface area contributed by atoms with Crippen LogP contribution in [0.5, 0.6) is 0 Å². The van der Waals surface area contributed by atoms with Crippen LogP contribution in [0.2, 0.25) is 0 Å². The van der Waals surface area contributed by atoms with Gasteiger partial charge in [0.05, 0.1) is 31.3 Å². The van der Waals surface area contributed by atoms with Crippen molar-refractivity contribution in [1.82, 2.24) is 20.9 Å². The third-order valence-corrected chi connectivity index (χ3v) is 14.0. The Morgan fingerprint density at radius 2 is 1.48 bits per heavy atom. The summed E-state index contributed by atoms with van der Waals surface area (Å²) in [5.74, 6) is -3.34. The minimum atomic E-state index is -1.65. The molecule has 3 heterocycles. The number of ether oxygens (including phenoxy) is 5. The first-order valence-corrected chi connectivity index (χ1v) is 24.1. The molecule has 3 saturated heterocycles. The van der Waals surface area contributed by atoms with E-state index in [0.29, 0.717) is 32.4 Å². The van der Waals surface area contributed by atoms with Crippen molar-refractivity contribution in [3.63, 3.8) is 0 Å². The zero-order chi connectivity index (χ0) is 48.4. The van der Waals surface area contributed by atoms with Crippen LogP contribution in [0.4, 0.5) is 0 Å². The van der Waals surface area contributed by atoms with E-state index in [1.54, 1.807) is 29.2 Å². The number of nitrogens with one attached hydrogen (secondary N) is 3.